The van der Waals surface area contributed by atoms with Gasteiger partial charge in [0.15, 0.2) is 0 Å². The Labute approximate surface area is 279 Å². The number of piperazine rings is 1. The van der Waals surface area contributed by atoms with Crippen molar-refractivity contribution in [3.63, 3.8) is 0 Å². The molecule has 16 heteroatoms. The second kappa shape index (κ2) is 14.8. The molecule has 4 aromatic rings. The molecule has 15 nitrogen and oxygen atoms in total. The maximum atomic E-state index is 13.5. The summed E-state index contributed by atoms with van der Waals surface area (Å²) in [5.74, 6) is -3.98. The van der Waals surface area contributed by atoms with Gasteiger partial charge in [0.25, 0.3) is 0 Å². The van der Waals surface area contributed by atoms with Gasteiger partial charge in [-0.1, -0.05) is 23.7 Å². The molecule has 0 radical (unpaired) electrons. The van der Waals surface area contributed by atoms with Crippen LogP contribution in [0.25, 0.3) is 5.69 Å². The molecule has 3 aromatic carbocycles. The van der Waals surface area contributed by atoms with E-state index in [0.717, 1.165) is 6.54 Å². The van der Waals surface area contributed by atoms with E-state index in [1.807, 2.05) is 13.8 Å². The van der Waals surface area contributed by atoms with Gasteiger partial charge in [-0.25, -0.2) is 4.79 Å². The third kappa shape index (κ3) is 8.18. The molecule has 1 aliphatic heterocycles. The highest BCUT2D eigenvalue weighted by atomic mass is 35.5. The minimum absolute atomic E-state index is 0.0134. The lowest BCUT2D eigenvalue weighted by Crippen LogP contribution is -2.52. The van der Waals surface area contributed by atoms with Gasteiger partial charge in [0.1, 0.15) is 12.4 Å². The van der Waals surface area contributed by atoms with Gasteiger partial charge in [0.2, 0.25) is 11.8 Å². The number of carbonyl (C=O) groups excluding carboxylic acids is 4. The average molecular weight is 674 g/mol. The summed E-state index contributed by atoms with van der Waals surface area (Å²) >= 11 is 6.13. The zero-order valence-electron chi connectivity index (χ0n) is 26.0. The first kappa shape index (κ1) is 33.7. The molecule has 4 amide bonds. The summed E-state index contributed by atoms with van der Waals surface area (Å²) in [5.41, 5.74) is 2.15. The van der Waals surface area contributed by atoms with Crippen LogP contribution in [0.1, 0.15) is 29.8 Å². The Morgan fingerprint density at radius 2 is 1.67 bits per heavy atom. The number of aromatic nitrogens is 4. The second-order valence-electron chi connectivity index (χ2n) is 11.2. The van der Waals surface area contributed by atoms with Crippen LogP contribution < -0.4 is 20.9 Å². The molecule has 1 aromatic heterocycles. The van der Waals surface area contributed by atoms with E-state index in [-0.39, 0.29) is 40.3 Å². The van der Waals surface area contributed by atoms with E-state index >= 15 is 0 Å². The quantitative estimate of drug-likeness (QED) is 0.182. The van der Waals surface area contributed by atoms with Crippen LogP contribution in [0.15, 0.2) is 73.1 Å². The van der Waals surface area contributed by atoms with Crippen LogP contribution in [0.3, 0.4) is 0 Å². The number of benzene rings is 3. The predicted octanol–water partition coefficient (Wildman–Crippen LogP) is 2.38. The zero-order chi connectivity index (χ0) is 34.4. The van der Waals surface area contributed by atoms with Crippen LogP contribution in [-0.4, -0.2) is 91.5 Å². The van der Waals surface area contributed by atoms with Crippen molar-refractivity contribution in [2.24, 2.45) is 0 Å². The van der Waals surface area contributed by atoms with Gasteiger partial charge in [0, 0.05) is 41.9 Å². The number of nitrogens with one attached hydrogen (secondary N) is 3. The van der Waals surface area contributed by atoms with E-state index in [4.69, 9.17) is 11.6 Å². The number of nitrogens with zero attached hydrogens (tertiary/aromatic N) is 6. The summed E-state index contributed by atoms with van der Waals surface area (Å²) in [4.78, 5) is 67.6. The number of carbonyl (C=O) groups is 5. The number of carboxylic acids is 1. The molecule has 4 N–H and O–H groups in total. The number of rotatable bonds is 10. The van der Waals surface area contributed by atoms with Gasteiger partial charge < -0.3 is 26.0 Å². The molecule has 0 aliphatic carbocycles. The SMILES string of the molecule is CC(C)N1CCN(c2ccc(C[C@H](NC(=O)C(=O)Nc3cc(Cl)ccc3-n3cnnn3)C(=O)Nc3ccc(C(=O)O)cc3)cc2)C(=O)C1. The first-order valence-electron chi connectivity index (χ1n) is 14.9. The van der Waals surface area contributed by atoms with E-state index < -0.39 is 29.7 Å². The first-order valence-corrected chi connectivity index (χ1v) is 15.3. The van der Waals surface area contributed by atoms with Gasteiger partial charge in [-0.3, -0.25) is 24.1 Å². The topological polar surface area (TPSA) is 192 Å². The van der Waals surface area contributed by atoms with E-state index in [2.05, 4.69) is 36.4 Å². The summed E-state index contributed by atoms with van der Waals surface area (Å²) in [6, 6.07) is 16.1. The standard InChI is InChI=1S/C32H32ClN9O6/c1-19(2)40-13-14-41(28(43)17-40)24-10-3-20(4-11-24)15-26(29(44)35-23-8-5-21(6-9-23)32(47)48)37-31(46)30(45)36-25-16-22(33)7-12-27(25)42-18-34-38-39-42/h3-12,16,18-19,26H,13-15,17H2,1-2H3,(H,35,44)(H,36,45)(H,37,46)(H,47,48)/t26-/m0/s1. The van der Waals surface area contributed by atoms with Gasteiger partial charge in [-0.2, -0.15) is 4.68 Å². The Balaban J connectivity index is 1.32. The smallest absolute Gasteiger partial charge is 0.335 e. The van der Waals surface area contributed by atoms with Gasteiger partial charge in [0.05, 0.1) is 23.5 Å². The molecule has 1 aliphatic rings. The normalized spacial score (nSPS) is 14.0. The Hall–Kier alpha value is -5.67. The number of hydrogen-bond donors (Lipinski definition) is 4. The van der Waals surface area contributed by atoms with Gasteiger partial charge in [-0.15, -0.1) is 5.10 Å². The van der Waals surface area contributed by atoms with Gasteiger partial charge >= 0.3 is 17.8 Å². The number of anilines is 3. The largest absolute Gasteiger partial charge is 0.478 e. The van der Waals surface area contributed by atoms with Crippen LogP contribution >= 0.6 is 11.6 Å². The summed E-state index contributed by atoms with van der Waals surface area (Å²) in [7, 11) is 0. The maximum absolute atomic E-state index is 13.5. The molecule has 5 rings (SSSR count). The molecular formula is C32H32ClN9O6. The lowest BCUT2D eigenvalue weighted by atomic mass is 10.0. The Morgan fingerprint density at radius 1 is 0.938 bits per heavy atom. The van der Waals surface area contributed by atoms with Gasteiger partial charge in [-0.05, 0) is 84.4 Å². The van der Waals surface area contributed by atoms with Crippen molar-refractivity contribution >= 4 is 58.3 Å². The van der Waals surface area contributed by atoms with E-state index in [9.17, 15) is 29.1 Å². The van der Waals surface area contributed by atoms with Crippen LogP contribution in [0.5, 0.6) is 0 Å². The van der Waals surface area contributed by atoms with E-state index in [0.29, 0.717) is 30.0 Å². The molecule has 0 unspecified atom stereocenters. The first-order chi connectivity index (χ1) is 23.0. The van der Waals surface area contributed by atoms with Crippen molar-refractivity contribution in [1.82, 2.24) is 30.4 Å². The fourth-order valence-electron chi connectivity index (χ4n) is 5.07. The van der Waals surface area contributed by atoms with Crippen molar-refractivity contribution in [3.05, 3.63) is 89.2 Å². The highest BCUT2D eigenvalue weighted by Crippen LogP contribution is 2.24. The zero-order valence-corrected chi connectivity index (χ0v) is 26.7. The number of aromatic carboxylic acids is 1. The van der Waals surface area contributed by atoms with Crippen molar-refractivity contribution in [3.8, 4) is 5.69 Å². The molecule has 1 saturated heterocycles. The van der Waals surface area contributed by atoms with E-state index in [1.54, 1.807) is 41.3 Å². The summed E-state index contributed by atoms with van der Waals surface area (Å²) in [6.07, 6.45) is 1.29. The Bertz CT molecular complexity index is 1810. The van der Waals surface area contributed by atoms with Crippen molar-refractivity contribution in [1.29, 1.82) is 0 Å². The molecule has 2 heterocycles. The Kier molecular flexibility index (Phi) is 10.4. The maximum Gasteiger partial charge on any atom is 0.335 e. The van der Waals surface area contributed by atoms with Crippen LogP contribution in [0.4, 0.5) is 17.1 Å². The number of hydrogen-bond acceptors (Lipinski definition) is 9. The van der Waals surface area contributed by atoms with Crippen molar-refractivity contribution in [2.45, 2.75) is 32.4 Å². The summed E-state index contributed by atoms with van der Waals surface area (Å²) < 4.78 is 1.27. The molecule has 0 spiro atoms. The van der Waals surface area contributed by atoms with Crippen LogP contribution in [0.2, 0.25) is 5.02 Å². The third-order valence-electron chi connectivity index (χ3n) is 7.70. The van der Waals surface area contributed by atoms with Crippen molar-refractivity contribution in [2.75, 3.05) is 35.2 Å². The molecule has 0 bridgehead atoms. The predicted molar refractivity (Wildman–Crippen MR) is 176 cm³/mol. The number of amides is 4. The molecule has 48 heavy (non-hydrogen) atoms. The number of carboxylic acid groups (broad SMARTS) is 1. The Morgan fingerprint density at radius 3 is 2.29 bits per heavy atom. The monoisotopic (exact) mass is 673 g/mol. The fourth-order valence-corrected chi connectivity index (χ4v) is 5.24. The highest BCUT2D eigenvalue weighted by Gasteiger charge is 2.28. The number of halogens is 1. The highest BCUT2D eigenvalue weighted by molar-refractivity contribution is 6.40. The van der Waals surface area contributed by atoms with Crippen molar-refractivity contribution < 1.29 is 29.1 Å². The molecule has 1 fully saturated rings. The summed E-state index contributed by atoms with van der Waals surface area (Å²) in [5, 5.41) is 28.1. The molecular weight excluding hydrogens is 642 g/mol. The van der Waals surface area contributed by atoms with E-state index in [1.165, 1.54) is 41.3 Å². The average Bonchev–Trinajstić information content (AvgIpc) is 3.60. The van der Waals surface area contributed by atoms with Crippen LogP contribution in [0, 0.1) is 0 Å². The van der Waals surface area contributed by atoms with Crippen LogP contribution in [-0.2, 0) is 25.6 Å². The minimum Gasteiger partial charge on any atom is -0.478 e. The molecule has 0 saturated carbocycles. The third-order valence-corrected chi connectivity index (χ3v) is 7.93. The number of tetrazole rings is 1. The fraction of sp³-hybridized carbons (Fsp3) is 0.250. The molecule has 248 valence electrons. The lowest BCUT2D eigenvalue weighted by Gasteiger charge is -2.36. The summed E-state index contributed by atoms with van der Waals surface area (Å²) in [6.45, 7) is 5.68. The minimum atomic E-state index is -1.23. The second-order valence-corrected chi connectivity index (χ2v) is 11.7. The molecule has 1 atom stereocenters. The lowest BCUT2D eigenvalue weighted by molar-refractivity contribution is -0.137.